The molecule has 0 N–H and O–H groups in total. The van der Waals surface area contributed by atoms with Crippen LogP contribution >= 0.6 is 0 Å². The molecule has 4 heteroatoms. The van der Waals surface area contributed by atoms with Crippen molar-refractivity contribution in [2.24, 2.45) is 0 Å². The van der Waals surface area contributed by atoms with Crippen molar-refractivity contribution >= 4 is 5.97 Å². The summed E-state index contributed by atoms with van der Waals surface area (Å²) in [5, 5.41) is 0. The molecule has 0 amide bonds. The van der Waals surface area contributed by atoms with Crippen LogP contribution < -0.4 is 4.74 Å². The van der Waals surface area contributed by atoms with Gasteiger partial charge in [0.1, 0.15) is 5.75 Å². The van der Waals surface area contributed by atoms with E-state index in [1.54, 1.807) is 13.3 Å². The minimum atomic E-state index is -0.364. The quantitative estimate of drug-likeness (QED) is 0.576. The van der Waals surface area contributed by atoms with Crippen LogP contribution in [-0.2, 0) is 16.1 Å². The summed E-state index contributed by atoms with van der Waals surface area (Å²) in [7, 11) is 4.88. The van der Waals surface area contributed by atoms with Gasteiger partial charge in [0.2, 0.25) is 0 Å². The monoisotopic (exact) mass is 235 g/mol. The molecular formula is C13H17NO3. The zero-order valence-corrected chi connectivity index (χ0v) is 10.3. The molecule has 0 spiro atoms. The molecule has 0 heterocycles. The van der Waals surface area contributed by atoms with Crippen LogP contribution in [0.15, 0.2) is 36.5 Å². The first-order valence-corrected chi connectivity index (χ1v) is 5.25. The van der Waals surface area contributed by atoms with Gasteiger partial charge in [-0.25, -0.2) is 4.79 Å². The fraction of sp³-hybridized carbons (Fsp3) is 0.308. The van der Waals surface area contributed by atoms with Crippen molar-refractivity contribution in [2.45, 2.75) is 6.54 Å². The standard InChI is InChI=1S/C13H17NO3/c1-14(9-8-13(15)17-3)10-11-6-4-5-7-12(11)16-2/h4-9H,10H2,1-3H3. The van der Waals surface area contributed by atoms with Crippen LogP contribution in [0.2, 0.25) is 0 Å². The van der Waals surface area contributed by atoms with Gasteiger partial charge < -0.3 is 14.4 Å². The highest BCUT2D eigenvalue weighted by Crippen LogP contribution is 2.18. The highest BCUT2D eigenvalue weighted by Gasteiger charge is 2.03. The first-order chi connectivity index (χ1) is 8.17. The molecule has 0 atom stereocenters. The zero-order valence-electron chi connectivity index (χ0n) is 10.3. The van der Waals surface area contributed by atoms with Gasteiger partial charge in [-0.05, 0) is 6.07 Å². The number of nitrogens with zero attached hydrogens (tertiary/aromatic N) is 1. The number of carbonyl (C=O) groups excluding carboxylic acids is 1. The topological polar surface area (TPSA) is 38.8 Å². The lowest BCUT2D eigenvalue weighted by atomic mass is 10.2. The van der Waals surface area contributed by atoms with Gasteiger partial charge in [0.25, 0.3) is 0 Å². The second-order valence-electron chi connectivity index (χ2n) is 3.57. The molecule has 92 valence electrons. The average molecular weight is 235 g/mol. The van der Waals surface area contributed by atoms with Crippen LogP contribution in [0.1, 0.15) is 5.56 Å². The maximum Gasteiger partial charge on any atom is 0.331 e. The molecular weight excluding hydrogens is 218 g/mol. The summed E-state index contributed by atoms with van der Waals surface area (Å²) in [5.41, 5.74) is 1.06. The first-order valence-electron chi connectivity index (χ1n) is 5.25. The van der Waals surface area contributed by atoms with Crippen LogP contribution in [0, 0.1) is 0 Å². The van der Waals surface area contributed by atoms with Gasteiger partial charge in [-0.1, -0.05) is 18.2 Å². The Balaban J connectivity index is 2.64. The molecule has 0 aliphatic heterocycles. The minimum Gasteiger partial charge on any atom is -0.496 e. The Morgan fingerprint density at radius 2 is 2.06 bits per heavy atom. The first kappa shape index (κ1) is 13.1. The molecule has 0 radical (unpaired) electrons. The van der Waals surface area contributed by atoms with Crippen molar-refractivity contribution in [1.82, 2.24) is 4.90 Å². The molecule has 0 saturated heterocycles. The number of methoxy groups -OCH3 is 2. The van der Waals surface area contributed by atoms with E-state index in [1.807, 2.05) is 36.2 Å². The third-order valence-corrected chi connectivity index (χ3v) is 2.28. The molecule has 0 saturated carbocycles. The highest BCUT2D eigenvalue weighted by atomic mass is 16.5. The predicted octanol–water partition coefficient (Wildman–Crippen LogP) is 1.81. The number of carbonyl (C=O) groups is 1. The van der Waals surface area contributed by atoms with E-state index in [1.165, 1.54) is 13.2 Å². The van der Waals surface area contributed by atoms with Crippen molar-refractivity contribution in [1.29, 1.82) is 0 Å². The maximum absolute atomic E-state index is 10.9. The summed E-state index contributed by atoms with van der Waals surface area (Å²) in [6, 6.07) is 7.77. The Labute approximate surface area is 101 Å². The van der Waals surface area contributed by atoms with Gasteiger partial charge in [0, 0.05) is 31.4 Å². The lowest BCUT2D eigenvalue weighted by Gasteiger charge is -2.15. The summed E-state index contributed by atoms with van der Waals surface area (Å²) < 4.78 is 9.77. The maximum atomic E-state index is 10.9. The zero-order chi connectivity index (χ0) is 12.7. The number of rotatable bonds is 5. The van der Waals surface area contributed by atoms with Crippen molar-refractivity contribution in [3.8, 4) is 5.75 Å². The van der Waals surface area contributed by atoms with Gasteiger partial charge >= 0.3 is 5.97 Å². The molecule has 1 rings (SSSR count). The molecule has 0 bridgehead atoms. The van der Waals surface area contributed by atoms with E-state index in [2.05, 4.69) is 4.74 Å². The molecule has 0 aliphatic carbocycles. The number of para-hydroxylation sites is 1. The number of esters is 1. The molecule has 0 fully saturated rings. The lowest BCUT2D eigenvalue weighted by molar-refractivity contribution is -0.134. The van der Waals surface area contributed by atoms with Crippen LogP contribution in [0.3, 0.4) is 0 Å². The molecule has 17 heavy (non-hydrogen) atoms. The normalized spacial score (nSPS) is 10.3. The Bertz CT molecular complexity index is 401. The van der Waals surface area contributed by atoms with Gasteiger partial charge in [0.15, 0.2) is 0 Å². The lowest BCUT2D eigenvalue weighted by Crippen LogP contribution is -2.11. The molecule has 1 aromatic rings. The number of benzene rings is 1. The fourth-order valence-corrected chi connectivity index (χ4v) is 1.41. The van der Waals surface area contributed by atoms with Gasteiger partial charge in [-0.2, -0.15) is 0 Å². The Kier molecular flexibility index (Phi) is 5.07. The number of hydrogen-bond acceptors (Lipinski definition) is 4. The SMILES string of the molecule is COC(=O)C=CN(C)Cc1ccccc1OC. The smallest absolute Gasteiger partial charge is 0.331 e. The number of hydrogen-bond donors (Lipinski definition) is 0. The van der Waals surface area contributed by atoms with Crippen molar-refractivity contribution in [2.75, 3.05) is 21.3 Å². The van der Waals surface area contributed by atoms with Crippen LogP contribution in [0.25, 0.3) is 0 Å². The second kappa shape index (κ2) is 6.58. The van der Waals surface area contributed by atoms with E-state index in [4.69, 9.17) is 4.74 Å². The van der Waals surface area contributed by atoms with E-state index >= 15 is 0 Å². The summed E-state index contributed by atoms with van der Waals surface area (Å²) in [4.78, 5) is 12.8. The Morgan fingerprint density at radius 3 is 2.71 bits per heavy atom. The van der Waals surface area contributed by atoms with Gasteiger partial charge in [-0.3, -0.25) is 0 Å². The van der Waals surface area contributed by atoms with Gasteiger partial charge in [-0.15, -0.1) is 0 Å². The molecule has 0 unspecified atom stereocenters. The fourth-order valence-electron chi connectivity index (χ4n) is 1.41. The average Bonchev–Trinajstić information content (AvgIpc) is 2.36. The molecule has 0 aliphatic rings. The van der Waals surface area contributed by atoms with E-state index in [0.717, 1.165) is 11.3 Å². The largest absolute Gasteiger partial charge is 0.496 e. The van der Waals surface area contributed by atoms with Crippen LogP contribution in [-0.4, -0.2) is 32.1 Å². The van der Waals surface area contributed by atoms with Gasteiger partial charge in [0.05, 0.1) is 14.2 Å². The summed E-state index contributed by atoms with van der Waals surface area (Å²) in [5.74, 6) is 0.475. The Hall–Kier alpha value is -1.97. The Morgan fingerprint density at radius 1 is 1.35 bits per heavy atom. The van der Waals surface area contributed by atoms with Crippen molar-refractivity contribution in [3.63, 3.8) is 0 Å². The van der Waals surface area contributed by atoms with Crippen molar-refractivity contribution < 1.29 is 14.3 Å². The van der Waals surface area contributed by atoms with Crippen LogP contribution in [0.4, 0.5) is 0 Å². The minimum absolute atomic E-state index is 0.364. The third-order valence-electron chi connectivity index (χ3n) is 2.28. The second-order valence-corrected chi connectivity index (χ2v) is 3.57. The molecule has 0 aromatic heterocycles. The molecule has 1 aromatic carbocycles. The summed E-state index contributed by atoms with van der Waals surface area (Å²) in [6.45, 7) is 0.664. The highest BCUT2D eigenvalue weighted by molar-refractivity contribution is 5.81. The van der Waals surface area contributed by atoms with E-state index in [-0.39, 0.29) is 5.97 Å². The van der Waals surface area contributed by atoms with Crippen LogP contribution in [0.5, 0.6) is 5.75 Å². The molecule has 4 nitrogen and oxygen atoms in total. The van der Waals surface area contributed by atoms with Crippen molar-refractivity contribution in [3.05, 3.63) is 42.1 Å². The summed E-state index contributed by atoms with van der Waals surface area (Å²) in [6.07, 6.45) is 3.06. The third kappa shape index (κ3) is 4.18. The number of ether oxygens (including phenoxy) is 2. The van der Waals surface area contributed by atoms with E-state index in [9.17, 15) is 4.79 Å². The van der Waals surface area contributed by atoms with E-state index < -0.39 is 0 Å². The van der Waals surface area contributed by atoms with E-state index in [0.29, 0.717) is 6.54 Å². The predicted molar refractivity (Wildman–Crippen MR) is 65.6 cm³/mol. The summed E-state index contributed by atoms with van der Waals surface area (Å²) >= 11 is 0.